The van der Waals surface area contributed by atoms with Gasteiger partial charge in [0.05, 0.1) is 7.11 Å². The number of rotatable bonds is 5. The van der Waals surface area contributed by atoms with Crippen LogP contribution in [0.5, 0.6) is 5.75 Å². The molecule has 128 valence electrons. The number of aryl methyl sites for hydroxylation is 1. The molecule has 5 nitrogen and oxygen atoms in total. The van der Waals surface area contributed by atoms with Crippen LogP contribution in [0.1, 0.15) is 21.7 Å². The first kappa shape index (κ1) is 16.7. The fourth-order valence-corrected chi connectivity index (χ4v) is 2.53. The van der Waals surface area contributed by atoms with Crippen LogP contribution in [-0.2, 0) is 6.54 Å². The second kappa shape index (κ2) is 7.17. The molecule has 1 aromatic heterocycles. The smallest absolute Gasteiger partial charge is 0.257 e. The summed E-state index contributed by atoms with van der Waals surface area (Å²) in [5.74, 6) is 0.207. The highest BCUT2D eigenvalue weighted by atomic mass is 19.1. The summed E-state index contributed by atoms with van der Waals surface area (Å²) in [6, 6.07) is 13.5. The predicted molar refractivity (Wildman–Crippen MR) is 90.8 cm³/mol. The minimum Gasteiger partial charge on any atom is -0.497 e. The summed E-state index contributed by atoms with van der Waals surface area (Å²) in [7, 11) is 1.58. The Morgan fingerprint density at radius 1 is 1.24 bits per heavy atom. The minimum absolute atomic E-state index is 0.193. The van der Waals surface area contributed by atoms with Crippen LogP contribution in [0.25, 0.3) is 11.3 Å². The van der Waals surface area contributed by atoms with Crippen molar-refractivity contribution in [3.05, 3.63) is 71.2 Å². The second-order valence-corrected chi connectivity index (χ2v) is 5.48. The molecule has 0 aliphatic rings. The fourth-order valence-electron chi connectivity index (χ4n) is 2.53. The normalized spacial score (nSPS) is 10.5. The summed E-state index contributed by atoms with van der Waals surface area (Å²) in [6.45, 7) is 1.93. The van der Waals surface area contributed by atoms with Crippen molar-refractivity contribution in [2.24, 2.45) is 0 Å². The number of nitrogens with one attached hydrogen (secondary N) is 1. The van der Waals surface area contributed by atoms with Crippen molar-refractivity contribution < 1.29 is 18.4 Å². The molecule has 3 rings (SSSR count). The molecule has 1 amide bonds. The molecule has 0 saturated heterocycles. The van der Waals surface area contributed by atoms with Gasteiger partial charge in [-0.3, -0.25) is 4.79 Å². The predicted octanol–water partition coefficient (Wildman–Crippen LogP) is 3.73. The number of nitrogens with zero attached hydrogens (tertiary/aromatic N) is 1. The van der Waals surface area contributed by atoms with Crippen molar-refractivity contribution in [1.29, 1.82) is 0 Å². The molecule has 1 heterocycles. The standard InChI is InChI=1S/C19H17FN2O3/c1-12-17(18(22-25-12)15-8-3-4-9-16(15)20)19(23)21-11-13-6-5-7-14(10-13)24-2/h3-10H,11H2,1-2H3,(H,21,23). The highest BCUT2D eigenvalue weighted by molar-refractivity contribution is 6.00. The van der Waals surface area contributed by atoms with Crippen LogP contribution in [0.15, 0.2) is 53.1 Å². The lowest BCUT2D eigenvalue weighted by atomic mass is 10.0. The van der Waals surface area contributed by atoms with E-state index in [0.717, 1.165) is 5.56 Å². The van der Waals surface area contributed by atoms with Crippen molar-refractivity contribution in [2.45, 2.75) is 13.5 Å². The van der Waals surface area contributed by atoms with E-state index < -0.39 is 5.82 Å². The van der Waals surface area contributed by atoms with Gasteiger partial charge in [-0.2, -0.15) is 0 Å². The summed E-state index contributed by atoms with van der Waals surface area (Å²) in [6.07, 6.45) is 0. The van der Waals surface area contributed by atoms with E-state index in [4.69, 9.17) is 9.26 Å². The van der Waals surface area contributed by atoms with Crippen molar-refractivity contribution in [1.82, 2.24) is 10.5 Å². The maximum absolute atomic E-state index is 14.0. The van der Waals surface area contributed by atoms with Crippen molar-refractivity contribution in [3.63, 3.8) is 0 Å². The number of hydrogen-bond acceptors (Lipinski definition) is 4. The van der Waals surface area contributed by atoms with E-state index in [1.54, 1.807) is 32.2 Å². The fraction of sp³-hybridized carbons (Fsp3) is 0.158. The zero-order valence-corrected chi connectivity index (χ0v) is 13.9. The van der Waals surface area contributed by atoms with Gasteiger partial charge in [-0.15, -0.1) is 0 Å². The molecular weight excluding hydrogens is 323 g/mol. The summed E-state index contributed by atoms with van der Waals surface area (Å²) in [4.78, 5) is 12.6. The Balaban J connectivity index is 1.83. The molecule has 25 heavy (non-hydrogen) atoms. The molecule has 0 aliphatic carbocycles. The molecule has 0 radical (unpaired) electrons. The Morgan fingerprint density at radius 3 is 2.80 bits per heavy atom. The van der Waals surface area contributed by atoms with Gasteiger partial charge < -0.3 is 14.6 Å². The molecule has 2 aromatic carbocycles. The van der Waals surface area contributed by atoms with Gasteiger partial charge in [0.25, 0.3) is 5.91 Å². The van der Waals surface area contributed by atoms with E-state index in [1.165, 1.54) is 6.07 Å². The van der Waals surface area contributed by atoms with Crippen molar-refractivity contribution in [3.8, 4) is 17.0 Å². The van der Waals surface area contributed by atoms with Gasteiger partial charge in [0.1, 0.15) is 28.6 Å². The highest BCUT2D eigenvalue weighted by Gasteiger charge is 2.23. The Bertz CT molecular complexity index is 905. The van der Waals surface area contributed by atoms with Crippen LogP contribution >= 0.6 is 0 Å². The highest BCUT2D eigenvalue weighted by Crippen LogP contribution is 2.27. The van der Waals surface area contributed by atoms with Gasteiger partial charge in [-0.25, -0.2) is 4.39 Å². The van der Waals surface area contributed by atoms with E-state index in [0.29, 0.717) is 18.1 Å². The molecule has 3 aromatic rings. The average molecular weight is 340 g/mol. The lowest BCUT2D eigenvalue weighted by molar-refractivity contribution is 0.0950. The average Bonchev–Trinajstić information content (AvgIpc) is 3.01. The molecule has 1 N–H and O–H groups in total. The first-order chi connectivity index (χ1) is 12.1. The molecular formula is C19H17FN2O3. The zero-order chi connectivity index (χ0) is 17.8. The van der Waals surface area contributed by atoms with Crippen LogP contribution in [0.2, 0.25) is 0 Å². The lowest BCUT2D eigenvalue weighted by Gasteiger charge is -2.08. The molecule has 0 aliphatic heterocycles. The van der Waals surface area contributed by atoms with E-state index >= 15 is 0 Å². The number of methoxy groups -OCH3 is 1. The third-order valence-corrected chi connectivity index (χ3v) is 3.81. The molecule has 0 unspecified atom stereocenters. The minimum atomic E-state index is -0.461. The first-order valence-corrected chi connectivity index (χ1v) is 7.72. The maximum Gasteiger partial charge on any atom is 0.257 e. The Morgan fingerprint density at radius 2 is 2.04 bits per heavy atom. The molecule has 0 saturated carbocycles. The molecule has 0 fully saturated rings. The topological polar surface area (TPSA) is 64.4 Å². The van der Waals surface area contributed by atoms with Crippen molar-refractivity contribution >= 4 is 5.91 Å². The number of halogens is 1. The monoisotopic (exact) mass is 340 g/mol. The molecule has 0 spiro atoms. The molecule has 6 heteroatoms. The number of aromatic nitrogens is 1. The summed E-state index contributed by atoms with van der Waals surface area (Å²) < 4.78 is 24.3. The Kier molecular flexibility index (Phi) is 4.79. The number of amides is 1. The van der Waals surface area contributed by atoms with Crippen LogP contribution in [0.3, 0.4) is 0 Å². The van der Waals surface area contributed by atoms with Gasteiger partial charge >= 0.3 is 0 Å². The number of benzene rings is 2. The summed E-state index contributed by atoms with van der Waals surface area (Å²) in [5, 5.41) is 6.66. The van der Waals surface area contributed by atoms with Gasteiger partial charge in [-0.05, 0) is 36.8 Å². The van der Waals surface area contributed by atoms with Gasteiger partial charge in [0, 0.05) is 12.1 Å². The van der Waals surface area contributed by atoms with Crippen LogP contribution in [0, 0.1) is 12.7 Å². The molecule has 0 bridgehead atoms. The zero-order valence-electron chi connectivity index (χ0n) is 13.9. The third kappa shape index (κ3) is 3.52. The summed E-state index contributed by atoms with van der Waals surface area (Å²) in [5.41, 5.74) is 1.53. The van der Waals surface area contributed by atoms with Gasteiger partial charge in [0.2, 0.25) is 0 Å². The van der Waals surface area contributed by atoms with Crippen LogP contribution in [0.4, 0.5) is 4.39 Å². The lowest BCUT2D eigenvalue weighted by Crippen LogP contribution is -2.23. The molecule has 0 atom stereocenters. The summed E-state index contributed by atoms with van der Waals surface area (Å²) >= 11 is 0. The second-order valence-electron chi connectivity index (χ2n) is 5.48. The largest absolute Gasteiger partial charge is 0.497 e. The Labute approximate surface area is 144 Å². The van der Waals surface area contributed by atoms with Gasteiger partial charge in [0.15, 0.2) is 0 Å². The van der Waals surface area contributed by atoms with E-state index in [1.807, 2.05) is 24.3 Å². The Hall–Kier alpha value is -3.15. The maximum atomic E-state index is 14.0. The first-order valence-electron chi connectivity index (χ1n) is 7.72. The number of carbonyl (C=O) groups is 1. The van der Waals surface area contributed by atoms with E-state index in [9.17, 15) is 9.18 Å². The van der Waals surface area contributed by atoms with Gasteiger partial charge in [-0.1, -0.05) is 29.4 Å². The number of ether oxygens (including phenoxy) is 1. The van der Waals surface area contributed by atoms with Crippen LogP contribution in [-0.4, -0.2) is 18.2 Å². The third-order valence-electron chi connectivity index (χ3n) is 3.81. The van der Waals surface area contributed by atoms with Crippen LogP contribution < -0.4 is 10.1 Å². The SMILES string of the molecule is COc1cccc(CNC(=O)c2c(-c3ccccc3F)noc2C)c1. The van der Waals surface area contributed by atoms with Crippen molar-refractivity contribution in [2.75, 3.05) is 7.11 Å². The van der Waals surface area contributed by atoms with E-state index in [2.05, 4.69) is 10.5 Å². The van der Waals surface area contributed by atoms with E-state index in [-0.39, 0.29) is 22.7 Å². The number of carbonyl (C=O) groups excluding carboxylic acids is 1. The number of hydrogen-bond donors (Lipinski definition) is 1. The quantitative estimate of drug-likeness (QED) is 0.769.